The quantitative estimate of drug-likeness (QED) is 0.207. The van der Waals surface area contributed by atoms with Crippen molar-refractivity contribution in [2.45, 2.75) is 12.6 Å². The lowest BCUT2D eigenvalue weighted by molar-refractivity contribution is -0.384. The van der Waals surface area contributed by atoms with Crippen molar-refractivity contribution in [3.63, 3.8) is 0 Å². The molecule has 1 aromatic heterocycles. The van der Waals surface area contributed by atoms with Gasteiger partial charge in [-0.05, 0) is 42.0 Å². The number of hydrogen-bond donors (Lipinski definition) is 1. The lowest BCUT2D eigenvalue weighted by Gasteiger charge is -2.24. The molecule has 3 aromatic rings. The molecular formula is C22H15ClN2O6. The summed E-state index contributed by atoms with van der Waals surface area (Å²) in [4.78, 5) is 37.7. The number of likely N-dealkylation sites (tertiary alicyclic amines) is 1. The maximum atomic E-state index is 12.9. The average Bonchev–Trinajstić information content (AvgIpc) is 3.36. The highest BCUT2D eigenvalue weighted by atomic mass is 35.5. The second-order valence-corrected chi connectivity index (χ2v) is 7.30. The average molecular weight is 439 g/mol. The van der Waals surface area contributed by atoms with Gasteiger partial charge in [-0.3, -0.25) is 19.7 Å². The summed E-state index contributed by atoms with van der Waals surface area (Å²) < 4.78 is 5.31. The third-order valence-electron chi connectivity index (χ3n) is 4.96. The minimum absolute atomic E-state index is 0.0532. The number of furan rings is 1. The van der Waals surface area contributed by atoms with Crippen LogP contribution in [0.5, 0.6) is 0 Å². The molecule has 31 heavy (non-hydrogen) atoms. The number of hydrogen-bond acceptors (Lipinski definition) is 6. The van der Waals surface area contributed by atoms with E-state index in [2.05, 4.69) is 0 Å². The Morgan fingerprint density at radius 3 is 2.52 bits per heavy atom. The van der Waals surface area contributed by atoms with Crippen molar-refractivity contribution >= 4 is 34.7 Å². The molecule has 8 nitrogen and oxygen atoms in total. The first kappa shape index (κ1) is 20.4. The zero-order valence-electron chi connectivity index (χ0n) is 15.9. The van der Waals surface area contributed by atoms with E-state index in [1.165, 1.54) is 53.6 Å². The van der Waals surface area contributed by atoms with Gasteiger partial charge in [0.15, 0.2) is 0 Å². The zero-order valence-corrected chi connectivity index (χ0v) is 16.7. The second kappa shape index (κ2) is 8.08. The number of nitro groups is 1. The van der Waals surface area contributed by atoms with E-state index in [0.29, 0.717) is 16.3 Å². The smallest absolute Gasteiger partial charge is 0.296 e. The third kappa shape index (κ3) is 3.80. The maximum Gasteiger partial charge on any atom is 0.296 e. The second-order valence-electron chi connectivity index (χ2n) is 6.87. The predicted molar refractivity (Wildman–Crippen MR) is 111 cm³/mol. The van der Waals surface area contributed by atoms with Gasteiger partial charge in [0.2, 0.25) is 0 Å². The molecule has 1 saturated heterocycles. The monoisotopic (exact) mass is 438 g/mol. The molecule has 0 radical (unpaired) electrons. The summed E-state index contributed by atoms with van der Waals surface area (Å²) in [6.07, 6.45) is 1.43. The van der Waals surface area contributed by atoms with Crippen LogP contribution in [-0.4, -0.2) is 26.6 Å². The highest BCUT2D eigenvalue weighted by molar-refractivity contribution is 6.46. The van der Waals surface area contributed by atoms with Crippen LogP contribution in [-0.2, 0) is 16.1 Å². The normalized spacial score (nSPS) is 17.8. The molecule has 1 aliphatic heterocycles. The lowest BCUT2D eigenvalue weighted by atomic mass is 9.95. The summed E-state index contributed by atoms with van der Waals surface area (Å²) >= 11 is 5.90. The van der Waals surface area contributed by atoms with Crippen molar-refractivity contribution in [1.82, 2.24) is 4.90 Å². The van der Waals surface area contributed by atoms with E-state index in [1.54, 1.807) is 18.2 Å². The van der Waals surface area contributed by atoms with Gasteiger partial charge < -0.3 is 14.4 Å². The van der Waals surface area contributed by atoms with Crippen LogP contribution in [0, 0.1) is 10.1 Å². The van der Waals surface area contributed by atoms with Gasteiger partial charge in [-0.25, -0.2) is 0 Å². The summed E-state index contributed by atoms with van der Waals surface area (Å²) in [5.41, 5.74) is 0.234. The first-order valence-corrected chi connectivity index (χ1v) is 9.55. The van der Waals surface area contributed by atoms with Crippen LogP contribution in [0.3, 0.4) is 0 Å². The molecule has 0 saturated carbocycles. The number of halogens is 1. The first-order valence-electron chi connectivity index (χ1n) is 9.18. The highest BCUT2D eigenvalue weighted by Crippen LogP contribution is 2.41. The van der Waals surface area contributed by atoms with E-state index in [0.717, 1.165) is 0 Å². The summed E-state index contributed by atoms with van der Waals surface area (Å²) in [7, 11) is 0. The molecule has 2 aromatic carbocycles. The van der Waals surface area contributed by atoms with E-state index in [9.17, 15) is 24.8 Å². The van der Waals surface area contributed by atoms with E-state index >= 15 is 0 Å². The van der Waals surface area contributed by atoms with Gasteiger partial charge in [-0.2, -0.15) is 0 Å². The summed E-state index contributed by atoms with van der Waals surface area (Å²) in [6.45, 7) is -0.0532. The number of amides is 1. The van der Waals surface area contributed by atoms with Crippen molar-refractivity contribution in [3.8, 4) is 0 Å². The molecule has 0 aliphatic carbocycles. The number of aliphatic hydroxyl groups is 1. The Kier molecular flexibility index (Phi) is 5.31. The lowest BCUT2D eigenvalue weighted by Crippen LogP contribution is -2.29. The van der Waals surface area contributed by atoms with Crippen LogP contribution in [0.2, 0.25) is 5.02 Å². The Hall–Kier alpha value is -3.91. The van der Waals surface area contributed by atoms with Crippen LogP contribution in [0.4, 0.5) is 5.69 Å². The summed E-state index contributed by atoms with van der Waals surface area (Å²) in [6, 6.07) is 14.0. The van der Waals surface area contributed by atoms with Crippen LogP contribution < -0.4 is 0 Å². The molecule has 2 heterocycles. The fourth-order valence-electron chi connectivity index (χ4n) is 3.53. The van der Waals surface area contributed by atoms with Gasteiger partial charge >= 0.3 is 0 Å². The molecule has 1 atom stereocenters. The Balaban J connectivity index is 1.89. The van der Waals surface area contributed by atoms with Crippen LogP contribution in [0.25, 0.3) is 5.76 Å². The van der Waals surface area contributed by atoms with E-state index in [-0.39, 0.29) is 23.4 Å². The molecule has 0 spiro atoms. The number of carbonyl (C=O) groups excluding carboxylic acids is 2. The molecule has 0 bridgehead atoms. The van der Waals surface area contributed by atoms with Crippen molar-refractivity contribution in [2.24, 2.45) is 0 Å². The molecule has 1 aliphatic rings. The minimum atomic E-state index is -1.04. The van der Waals surface area contributed by atoms with Crippen molar-refractivity contribution in [3.05, 3.63) is 105 Å². The van der Waals surface area contributed by atoms with E-state index in [4.69, 9.17) is 16.0 Å². The van der Waals surface area contributed by atoms with Crippen LogP contribution in [0.1, 0.15) is 22.9 Å². The van der Waals surface area contributed by atoms with Crippen molar-refractivity contribution < 1.29 is 24.0 Å². The van der Waals surface area contributed by atoms with Crippen LogP contribution >= 0.6 is 11.6 Å². The Labute approximate surface area is 181 Å². The topological polar surface area (TPSA) is 114 Å². The Morgan fingerprint density at radius 1 is 1.13 bits per heavy atom. The van der Waals surface area contributed by atoms with Gasteiger partial charge in [0.25, 0.3) is 17.4 Å². The van der Waals surface area contributed by atoms with E-state index in [1.807, 2.05) is 0 Å². The molecule has 1 amide bonds. The number of benzene rings is 2. The number of non-ortho nitro benzene ring substituents is 1. The molecule has 9 heteroatoms. The molecule has 1 fully saturated rings. The van der Waals surface area contributed by atoms with E-state index < -0.39 is 28.4 Å². The molecular weight excluding hydrogens is 424 g/mol. The van der Waals surface area contributed by atoms with Gasteiger partial charge in [0.05, 0.1) is 29.3 Å². The number of aliphatic hydroxyl groups excluding tert-OH is 1. The van der Waals surface area contributed by atoms with Crippen LogP contribution in [0.15, 0.2) is 76.9 Å². The largest absolute Gasteiger partial charge is 0.507 e. The number of ketones is 1. The summed E-state index contributed by atoms with van der Waals surface area (Å²) in [5.74, 6) is -1.71. The zero-order chi connectivity index (χ0) is 22.1. The maximum absolute atomic E-state index is 12.9. The standard InChI is InChI=1S/C22H15ClN2O6/c23-15-8-6-13(7-9-15)20(26)18-19(14-3-1-4-16(11-14)25(29)30)24(22(28)21(18)27)12-17-5-2-10-31-17/h1-11,19,26H,12H2/b20-18-. The number of rotatable bonds is 5. The van der Waals surface area contributed by atoms with Gasteiger partial charge in [0, 0.05) is 22.7 Å². The number of nitro benzene ring substituents is 1. The van der Waals surface area contributed by atoms with Gasteiger partial charge in [-0.15, -0.1) is 0 Å². The Morgan fingerprint density at radius 2 is 1.87 bits per heavy atom. The molecule has 4 rings (SSSR count). The number of nitrogens with zero attached hydrogens (tertiary/aromatic N) is 2. The molecule has 1 unspecified atom stereocenters. The van der Waals surface area contributed by atoms with Crippen molar-refractivity contribution in [1.29, 1.82) is 0 Å². The van der Waals surface area contributed by atoms with Gasteiger partial charge in [0.1, 0.15) is 11.5 Å². The molecule has 156 valence electrons. The SMILES string of the molecule is O=C1C(=O)N(Cc2ccco2)C(c2cccc([N+](=O)[O-])c2)/C1=C(/O)c1ccc(Cl)cc1. The van der Waals surface area contributed by atoms with Gasteiger partial charge in [-0.1, -0.05) is 23.7 Å². The fraction of sp³-hybridized carbons (Fsp3) is 0.0909. The molecule has 1 N–H and O–H groups in total. The van der Waals surface area contributed by atoms with Crippen molar-refractivity contribution in [2.75, 3.05) is 0 Å². The number of carbonyl (C=O) groups is 2. The Bertz CT molecular complexity index is 1200. The first-order chi connectivity index (χ1) is 14.9. The summed E-state index contributed by atoms with van der Waals surface area (Å²) in [5, 5.41) is 22.6. The third-order valence-corrected chi connectivity index (χ3v) is 5.21. The highest BCUT2D eigenvalue weighted by Gasteiger charge is 2.46. The predicted octanol–water partition coefficient (Wildman–Crippen LogP) is 4.46. The minimum Gasteiger partial charge on any atom is -0.507 e. The fourth-order valence-corrected chi connectivity index (χ4v) is 3.66. The number of Topliss-reactive ketones (excluding diaryl/α,β-unsaturated/α-hetero) is 1.